The number of nitrogens with one attached hydrogen (secondary N) is 2. The van der Waals surface area contributed by atoms with Crippen LogP contribution >= 0.6 is 35.0 Å². The maximum Gasteiger partial charge on any atom is 0.269 e. The molecule has 2 N–H and O–H groups in total. The number of rotatable bonds is 7. The van der Waals surface area contributed by atoms with E-state index in [-0.39, 0.29) is 17.6 Å². The Morgan fingerprint density at radius 1 is 1.06 bits per heavy atom. The topological polar surface area (TPSA) is 88.9 Å². The van der Waals surface area contributed by atoms with Gasteiger partial charge in [0, 0.05) is 22.7 Å². The van der Waals surface area contributed by atoms with Crippen molar-refractivity contribution in [2.75, 3.05) is 5.75 Å². The molecule has 0 bridgehead atoms. The molecule has 2 aromatic carbocycles. The van der Waals surface area contributed by atoms with E-state index in [1.807, 2.05) is 10.6 Å². The molecular weight excluding hydrogens is 457 g/mol. The van der Waals surface area contributed by atoms with Gasteiger partial charge in [-0.3, -0.25) is 20.4 Å². The van der Waals surface area contributed by atoms with Crippen LogP contribution in [0.2, 0.25) is 10.0 Å². The van der Waals surface area contributed by atoms with Gasteiger partial charge in [0.15, 0.2) is 11.0 Å². The molecule has 7 nitrogen and oxygen atoms in total. The average molecular weight is 478 g/mol. The zero-order chi connectivity index (χ0) is 22.4. The first-order valence-corrected chi connectivity index (χ1v) is 11.2. The summed E-state index contributed by atoms with van der Waals surface area (Å²) in [7, 11) is 0. The molecule has 0 atom stereocenters. The molecule has 0 saturated carbocycles. The van der Waals surface area contributed by atoms with Gasteiger partial charge in [0.2, 0.25) is 5.91 Å². The first-order chi connectivity index (χ1) is 14.8. The zero-order valence-electron chi connectivity index (χ0n) is 16.9. The molecule has 10 heteroatoms. The molecule has 0 radical (unpaired) electrons. The lowest BCUT2D eigenvalue weighted by molar-refractivity contribution is -0.119. The van der Waals surface area contributed by atoms with E-state index in [1.54, 1.807) is 42.5 Å². The molecule has 31 heavy (non-hydrogen) atoms. The summed E-state index contributed by atoms with van der Waals surface area (Å²) in [6.45, 7) is 4.80. The quantitative estimate of drug-likeness (QED) is 0.387. The van der Waals surface area contributed by atoms with E-state index in [1.165, 1.54) is 11.8 Å². The Balaban J connectivity index is 1.67. The number of hydrogen-bond donors (Lipinski definition) is 2. The van der Waals surface area contributed by atoms with Crippen LogP contribution in [0, 0.1) is 5.92 Å². The molecule has 0 saturated heterocycles. The summed E-state index contributed by atoms with van der Waals surface area (Å²) in [4.78, 5) is 24.2. The molecule has 2 amide bonds. The predicted octanol–water partition coefficient (Wildman–Crippen LogP) is 4.46. The van der Waals surface area contributed by atoms with Crippen molar-refractivity contribution in [2.45, 2.75) is 25.5 Å². The molecule has 1 heterocycles. The van der Waals surface area contributed by atoms with E-state index in [0.717, 1.165) is 0 Å². The fourth-order valence-electron chi connectivity index (χ4n) is 2.75. The Morgan fingerprint density at radius 2 is 1.81 bits per heavy atom. The second kappa shape index (κ2) is 10.7. The lowest BCUT2D eigenvalue weighted by Crippen LogP contribution is -2.42. The molecular formula is C21H21Cl2N5O2S. The van der Waals surface area contributed by atoms with Crippen molar-refractivity contribution in [3.8, 4) is 11.4 Å². The van der Waals surface area contributed by atoms with Gasteiger partial charge in [-0.05, 0) is 36.2 Å². The molecule has 0 spiro atoms. The number of aromatic nitrogens is 3. The van der Waals surface area contributed by atoms with Crippen LogP contribution in [0.5, 0.6) is 0 Å². The maximum absolute atomic E-state index is 12.2. The molecule has 0 aliphatic rings. The summed E-state index contributed by atoms with van der Waals surface area (Å²) in [5.41, 5.74) is 5.98. The largest absolute Gasteiger partial charge is 0.302 e. The Labute approximate surface area is 194 Å². The van der Waals surface area contributed by atoms with Gasteiger partial charge in [-0.1, -0.05) is 67.0 Å². The van der Waals surface area contributed by atoms with Gasteiger partial charge in [0.1, 0.15) is 0 Å². The average Bonchev–Trinajstić information content (AvgIpc) is 3.12. The molecule has 3 rings (SSSR count). The fraction of sp³-hybridized carbons (Fsp3) is 0.238. The van der Waals surface area contributed by atoms with Crippen molar-refractivity contribution in [1.29, 1.82) is 0 Å². The van der Waals surface area contributed by atoms with Gasteiger partial charge < -0.3 is 4.57 Å². The van der Waals surface area contributed by atoms with E-state index in [4.69, 9.17) is 23.2 Å². The van der Waals surface area contributed by atoms with Crippen molar-refractivity contribution < 1.29 is 9.59 Å². The van der Waals surface area contributed by atoms with Crippen molar-refractivity contribution in [3.05, 3.63) is 64.1 Å². The number of thioether (sulfide) groups is 1. The van der Waals surface area contributed by atoms with Gasteiger partial charge in [0.05, 0.1) is 10.8 Å². The summed E-state index contributed by atoms with van der Waals surface area (Å²) < 4.78 is 1.93. The van der Waals surface area contributed by atoms with Gasteiger partial charge in [-0.15, -0.1) is 10.2 Å². The Morgan fingerprint density at radius 3 is 2.48 bits per heavy atom. The fourth-order valence-corrected chi connectivity index (χ4v) is 3.99. The number of benzene rings is 2. The third-order valence-electron chi connectivity index (χ3n) is 4.12. The molecule has 0 fully saturated rings. The highest BCUT2D eigenvalue weighted by molar-refractivity contribution is 7.99. The molecule has 0 aliphatic heterocycles. The van der Waals surface area contributed by atoms with Crippen molar-refractivity contribution in [3.63, 3.8) is 0 Å². The minimum absolute atomic E-state index is 0.0552. The summed E-state index contributed by atoms with van der Waals surface area (Å²) in [6, 6.07) is 13.8. The lowest BCUT2D eigenvalue weighted by Gasteiger charge is -2.13. The van der Waals surface area contributed by atoms with Gasteiger partial charge in [-0.2, -0.15) is 0 Å². The van der Waals surface area contributed by atoms with Crippen molar-refractivity contribution >= 4 is 46.8 Å². The summed E-state index contributed by atoms with van der Waals surface area (Å²) in [5.74, 6) is 0.232. The van der Waals surface area contributed by atoms with Crippen LogP contribution in [-0.2, 0) is 11.3 Å². The number of hydrogen-bond acceptors (Lipinski definition) is 5. The number of hydrazine groups is 1. The number of carbonyl (C=O) groups is 2. The van der Waals surface area contributed by atoms with E-state index >= 15 is 0 Å². The number of carbonyl (C=O) groups excluding carboxylic acids is 2. The van der Waals surface area contributed by atoms with E-state index in [9.17, 15) is 9.59 Å². The minimum atomic E-state index is -0.387. The van der Waals surface area contributed by atoms with Crippen LogP contribution in [0.15, 0.2) is 53.7 Å². The van der Waals surface area contributed by atoms with E-state index in [2.05, 4.69) is 34.9 Å². The zero-order valence-corrected chi connectivity index (χ0v) is 19.3. The monoisotopic (exact) mass is 477 g/mol. The van der Waals surface area contributed by atoms with Gasteiger partial charge in [-0.25, -0.2) is 0 Å². The smallest absolute Gasteiger partial charge is 0.269 e. The van der Waals surface area contributed by atoms with Crippen LogP contribution in [0.4, 0.5) is 0 Å². The minimum Gasteiger partial charge on any atom is -0.302 e. The van der Waals surface area contributed by atoms with Crippen LogP contribution in [0.1, 0.15) is 24.2 Å². The van der Waals surface area contributed by atoms with Gasteiger partial charge in [0.25, 0.3) is 5.91 Å². The molecule has 1 aromatic heterocycles. The molecule has 3 aromatic rings. The summed E-state index contributed by atoms with van der Waals surface area (Å²) in [6.07, 6.45) is 0. The maximum atomic E-state index is 12.2. The second-order valence-electron chi connectivity index (χ2n) is 7.09. The highest BCUT2D eigenvalue weighted by atomic mass is 35.5. The first kappa shape index (κ1) is 23.1. The summed E-state index contributed by atoms with van der Waals surface area (Å²) in [5, 5.41) is 10.1. The molecule has 162 valence electrons. The standard InChI is InChI=1S/C21H21Cl2N5O2S/c1-13(2)11-28-19(16-9-8-15(22)10-17(16)23)25-27-21(28)31-12-18(29)24-26-20(30)14-6-4-3-5-7-14/h3-10,13H,11-12H2,1-2H3,(H,24,29)(H,26,30). The van der Waals surface area contributed by atoms with Gasteiger partial charge >= 0.3 is 0 Å². The third kappa shape index (κ3) is 6.22. The molecule has 0 unspecified atom stereocenters. The Bertz CT molecular complexity index is 1070. The lowest BCUT2D eigenvalue weighted by atomic mass is 10.2. The summed E-state index contributed by atoms with van der Waals surface area (Å²) >= 11 is 13.6. The van der Waals surface area contributed by atoms with Crippen molar-refractivity contribution in [2.24, 2.45) is 5.92 Å². The van der Waals surface area contributed by atoms with Crippen LogP contribution in [0.3, 0.4) is 0 Å². The van der Waals surface area contributed by atoms with Crippen LogP contribution in [0.25, 0.3) is 11.4 Å². The van der Waals surface area contributed by atoms with E-state index in [0.29, 0.717) is 44.6 Å². The van der Waals surface area contributed by atoms with E-state index < -0.39 is 0 Å². The number of halogens is 2. The highest BCUT2D eigenvalue weighted by Crippen LogP contribution is 2.31. The second-order valence-corrected chi connectivity index (χ2v) is 8.88. The number of amides is 2. The Hall–Kier alpha value is -2.55. The molecule has 0 aliphatic carbocycles. The third-order valence-corrected chi connectivity index (χ3v) is 5.63. The normalized spacial score (nSPS) is 10.9. The Kier molecular flexibility index (Phi) is 7.95. The predicted molar refractivity (Wildman–Crippen MR) is 123 cm³/mol. The first-order valence-electron chi connectivity index (χ1n) is 9.50. The SMILES string of the molecule is CC(C)Cn1c(SCC(=O)NNC(=O)c2ccccc2)nnc1-c1ccc(Cl)cc1Cl. The van der Waals surface area contributed by atoms with Crippen LogP contribution in [-0.4, -0.2) is 32.3 Å². The van der Waals surface area contributed by atoms with Crippen molar-refractivity contribution in [1.82, 2.24) is 25.6 Å². The highest BCUT2D eigenvalue weighted by Gasteiger charge is 2.19. The number of nitrogens with zero attached hydrogens (tertiary/aromatic N) is 3. The van der Waals surface area contributed by atoms with Crippen LogP contribution < -0.4 is 10.9 Å².